The van der Waals surface area contributed by atoms with Gasteiger partial charge in [0.25, 0.3) is 5.91 Å². The second kappa shape index (κ2) is 8.97. The van der Waals surface area contributed by atoms with E-state index in [9.17, 15) is 18.8 Å². The van der Waals surface area contributed by atoms with Crippen LogP contribution in [-0.2, 0) is 27.2 Å². The molecule has 0 saturated carbocycles. The molecule has 1 N–H and O–H groups in total. The number of rotatable bonds is 7. The van der Waals surface area contributed by atoms with Crippen molar-refractivity contribution in [2.45, 2.75) is 32.1 Å². The Bertz CT molecular complexity index is 929. The van der Waals surface area contributed by atoms with Crippen LogP contribution < -0.4 is 5.32 Å². The van der Waals surface area contributed by atoms with Crippen LogP contribution in [0.25, 0.3) is 0 Å². The summed E-state index contributed by atoms with van der Waals surface area (Å²) in [6.45, 7) is -0.562. The van der Waals surface area contributed by atoms with Gasteiger partial charge in [-0.05, 0) is 54.7 Å². The van der Waals surface area contributed by atoms with Crippen LogP contribution >= 0.6 is 11.6 Å². The molecule has 0 bridgehead atoms. The van der Waals surface area contributed by atoms with Gasteiger partial charge in [0.1, 0.15) is 5.82 Å². The highest BCUT2D eigenvalue weighted by atomic mass is 35.5. The predicted molar refractivity (Wildman–Crippen MR) is 103 cm³/mol. The van der Waals surface area contributed by atoms with E-state index in [1.165, 1.54) is 23.3 Å². The maximum absolute atomic E-state index is 13.6. The smallest absolute Gasteiger partial charge is 0.306 e. The van der Waals surface area contributed by atoms with Crippen LogP contribution in [0.15, 0.2) is 36.4 Å². The number of hydrogen-bond donors (Lipinski definition) is 1. The zero-order valence-corrected chi connectivity index (χ0v) is 15.9. The number of carbonyl (C=O) groups is 3. The van der Waals surface area contributed by atoms with E-state index in [-0.39, 0.29) is 29.3 Å². The van der Waals surface area contributed by atoms with Crippen molar-refractivity contribution in [1.82, 2.24) is 0 Å². The van der Waals surface area contributed by atoms with Crippen molar-refractivity contribution in [3.05, 3.63) is 63.9 Å². The highest BCUT2D eigenvalue weighted by molar-refractivity contribution is 6.30. The van der Waals surface area contributed by atoms with Crippen molar-refractivity contribution in [2.24, 2.45) is 0 Å². The van der Waals surface area contributed by atoms with Gasteiger partial charge in [-0.2, -0.15) is 0 Å². The Kier molecular flexibility index (Phi) is 6.41. The number of ketones is 1. The molecule has 0 unspecified atom stereocenters. The summed E-state index contributed by atoms with van der Waals surface area (Å²) in [6.07, 6.45) is 2.99. The number of halogens is 2. The summed E-state index contributed by atoms with van der Waals surface area (Å²) >= 11 is 5.64. The van der Waals surface area contributed by atoms with E-state index in [1.54, 1.807) is 6.07 Å². The number of ether oxygens (including phenoxy) is 1. The quantitative estimate of drug-likeness (QED) is 0.557. The van der Waals surface area contributed by atoms with Crippen LogP contribution in [0.5, 0.6) is 0 Å². The summed E-state index contributed by atoms with van der Waals surface area (Å²) < 4.78 is 18.5. The largest absolute Gasteiger partial charge is 0.456 e. The third kappa shape index (κ3) is 5.16. The second-order valence-corrected chi connectivity index (χ2v) is 7.03. The molecule has 5 nitrogen and oxygen atoms in total. The molecule has 0 spiro atoms. The van der Waals surface area contributed by atoms with Gasteiger partial charge in [-0.1, -0.05) is 23.7 Å². The Hall–Kier alpha value is -2.73. The van der Waals surface area contributed by atoms with Crippen LogP contribution in [0.1, 0.15) is 40.7 Å². The number of nitrogens with one attached hydrogen (secondary N) is 1. The second-order valence-electron chi connectivity index (χ2n) is 6.59. The Morgan fingerprint density at radius 3 is 2.61 bits per heavy atom. The zero-order chi connectivity index (χ0) is 20.1. The molecular weight excluding hydrogens is 385 g/mol. The molecule has 1 aliphatic rings. The highest BCUT2D eigenvalue weighted by Crippen LogP contribution is 2.23. The van der Waals surface area contributed by atoms with Gasteiger partial charge in [0.15, 0.2) is 12.4 Å². The predicted octanol–water partition coefficient (Wildman–Crippen LogP) is 4.11. The number of Topliss-reactive ketones (excluding diaryl/α,β-unsaturated/α-hetero) is 1. The lowest BCUT2D eigenvalue weighted by Crippen LogP contribution is -2.21. The minimum atomic E-state index is -0.688. The van der Waals surface area contributed by atoms with E-state index in [1.807, 2.05) is 12.1 Å². The first-order valence-corrected chi connectivity index (χ1v) is 9.35. The molecule has 146 valence electrons. The molecular formula is C21H19ClFNO4. The Morgan fingerprint density at radius 2 is 1.82 bits per heavy atom. The monoisotopic (exact) mass is 403 g/mol. The summed E-state index contributed by atoms with van der Waals surface area (Å²) in [7, 11) is 0. The van der Waals surface area contributed by atoms with Crippen molar-refractivity contribution in [3.8, 4) is 0 Å². The molecule has 0 atom stereocenters. The molecule has 28 heavy (non-hydrogen) atoms. The third-order valence-corrected chi connectivity index (χ3v) is 4.78. The average Bonchev–Trinajstić information content (AvgIpc) is 3.14. The molecule has 2 aromatic carbocycles. The van der Waals surface area contributed by atoms with Gasteiger partial charge in [-0.15, -0.1) is 0 Å². The Balaban J connectivity index is 1.42. The standard InChI is InChI=1S/C21H19ClFNO4/c22-16-6-7-18(17(23)11-16)24-20(26)12-28-21(27)9-8-19(25)15-5-4-13-2-1-3-14(13)10-15/h4-7,10-11H,1-3,8-9,12H2,(H,24,26). The van der Waals surface area contributed by atoms with Crippen LogP contribution in [0.4, 0.5) is 10.1 Å². The third-order valence-electron chi connectivity index (χ3n) is 4.55. The number of hydrogen-bond acceptors (Lipinski definition) is 4. The van der Waals surface area contributed by atoms with E-state index < -0.39 is 24.3 Å². The number of carbonyl (C=O) groups excluding carboxylic acids is 3. The van der Waals surface area contributed by atoms with Gasteiger partial charge < -0.3 is 10.1 Å². The number of esters is 1. The minimum Gasteiger partial charge on any atom is -0.456 e. The van der Waals surface area contributed by atoms with Crippen molar-refractivity contribution < 1.29 is 23.5 Å². The molecule has 2 aromatic rings. The lowest BCUT2D eigenvalue weighted by Gasteiger charge is -2.08. The van der Waals surface area contributed by atoms with Crippen molar-refractivity contribution >= 4 is 34.9 Å². The topological polar surface area (TPSA) is 72.5 Å². The number of aryl methyl sites for hydroxylation is 2. The lowest BCUT2D eigenvalue weighted by molar-refractivity contribution is -0.147. The van der Waals surface area contributed by atoms with Gasteiger partial charge in [-0.25, -0.2) is 4.39 Å². The molecule has 0 aliphatic heterocycles. The zero-order valence-electron chi connectivity index (χ0n) is 15.1. The van der Waals surface area contributed by atoms with E-state index in [0.29, 0.717) is 5.56 Å². The molecule has 3 rings (SSSR count). The maximum atomic E-state index is 13.6. The van der Waals surface area contributed by atoms with Gasteiger partial charge in [0.2, 0.25) is 0 Å². The molecule has 0 radical (unpaired) electrons. The maximum Gasteiger partial charge on any atom is 0.306 e. The summed E-state index contributed by atoms with van der Waals surface area (Å²) in [5.74, 6) is -2.17. The average molecular weight is 404 g/mol. The fourth-order valence-electron chi connectivity index (χ4n) is 3.10. The summed E-state index contributed by atoms with van der Waals surface area (Å²) in [4.78, 5) is 35.8. The van der Waals surface area contributed by atoms with E-state index in [0.717, 1.165) is 25.3 Å². The van der Waals surface area contributed by atoms with Crippen LogP contribution in [0.2, 0.25) is 5.02 Å². The van der Waals surface area contributed by atoms with Gasteiger partial charge in [0.05, 0.1) is 12.1 Å². The molecule has 0 aromatic heterocycles. The van der Waals surface area contributed by atoms with E-state index in [4.69, 9.17) is 16.3 Å². The number of benzene rings is 2. The Labute approximate surface area is 166 Å². The fourth-order valence-corrected chi connectivity index (χ4v) is 3.26. The van der Waals surface area contributed by atoms with Crippen LogP contribution in [0, 0.1) is 5.82 Å². The van der Waals surface area contributed by atoms with Crippen molar-refractivity contribution in [1.29, 1.82) is 0 Å². The summed E-state index contributed by atoms with van der Waals surface area (Å²) in [6, 6.07) is 9.45. The summed E-state index contributed by atoms with van der Waals surface area (Å²) in [5.41, 5.74) is 3.00. The summed E-state index contributed by atoms with van der Waals surface area (Å²) in [5, 5.41) is 2.49. The van der Waals surface area contributed by atoms with Crippen LogP contribution in [0.3, 0.4) is 0 Å². The molecule has 0 saturated heterocycles. The van der Waals surface area contributed by atoms with Gasteiger partial charge in [-0.3, -0.25) is 14.4 Å². The first-order chi connectivity index (χ1) is 13.4. The first kappa shape index (κ1) is 20.0. The van der Waals surface area contributed by atoms with Crippen molar-refractivity contribution in [3.63, 3.8) is 0 Å². The number of fused-ring (bicyclic) bond motifs is 1. The molecule has 7 heteroatoms. The van der Waals surface area contributed by atoms with Gasteiger partial charge >= 0.3 is 5.97 Å². The lowest BCUT2D eigenvalue weighted by atomic mass is 10.0. The van der Waals surface area contributed by atoms with Crippen LogP contribution in [-0.4, -0.2) is 24.3 Å². The minimum absolute atomic E-state index is 0.00501. The van der Waals surface area contributed by atoms with Gasteiger partial charge in [0, 0.05) is 17.0 Å². The number of amides is 1. The fraction of sp³-hybridized carbons (Fsp3) is 0.286. The SMILES string of the molecule is O=C(COC(=O)CCC(=O)c1ccc2c(c1)CCC2)Nc1ccc(Cl)cc1F. The Morgan fingerprint density at radius 1 is 1.04 bits per heavy atom. The normalized spacial score (nSPS) is 12.4. The molecule has 0 heterocycles. The molecule has 0 fully saturated rings. The first-order valence-electron chi connectivity index (χ1n) is 8.98. The highest BCUT2D eigenvalue weighted by Gasteiger charge is 2.16. The molecule has 1 amide bonds. The number of anilines is 1. The van der Waals surface area contributed by atoms with E-state index >= 15 is 0 Å². The van der Waals surface area contributed by atoms with Crippen molar-refractivity contribution in [2.75, 3.05) is 11.9 Å². The van der Waals surface area contributed by atoms with E-state index in [2.05, 4.69) is 5.32 Å². The molecule has 1 aliphatic carbocycles.